The molecule has 0 saturated heterocycles. The van der Waals surface area contributed by atoms with E-state index in [4.69, 9.17) is 0 Å². The Morgan fingerprint density at radius 1 is 0.375 bits per heavy atom. The van der Waals surface area contributed by atoms with Crippen LogP contribution in [0.4, 0.5) is 22.7 Å². The van der Waals surface area contributed by atoms with Crippen LogP contribution in [0.25, 0.3) is 0 Å². The Morgan fingerprint density at radius 2 is 0.625 bits per heavy atom. The highest BCUT2D eigenvalue weighted by atomic mass is 33.1. The molecule has 0 aliphatic carbocycles. The Hall–Kier alpha value is -3.62. The van der Waals surface area contributed by atoms with Crippen molar-refractivity contribution in [2.24, 2.45) is 20.5 Å². The summed E-state index contributed by atoms with van der Waals surface area (Å²) in [5, 5.41) is 35.4. The van der Waals surface area contributed by atoms with Crippen LogP contribution in [0.2, 0.25) is 0 Å². The molecule has 0 heterocycles. The monoisotopic (exact) mass is 458 g/mol. The molecule has 0 fully saturated rings. The van der Waals surface area contributed by atoms with Crippen molar-refractivity contribution < 1.29 is 10.2 Å². The van der Waals surface area contributed by atoms with Crippen molar-refractivity contribution in [1.82, 2.24) is 0 Å². The van der Waals surface area contributed by atoms with E-state index in [0.29, 0.717) is 11.4 Å². The third-order valence-electron chi connectivity index (χ3n) is 4.17. The van der Waals surface area contributed by atoms with Crippen LogP contribution in [0.1, 0.15) is 0 Å². The second-order valence-electron chi connectivity index (χ2n) is 6.59. The summed E-state index contributed by atoms with van der Waals surface area (Å²) in [5.41, 5.74) is 2.89. The van der Waals surface area contributed by atoms with Gasteiger partial charge in [-0.25, -0.2) is 0 Å². The molecule has 6 nitrogen and oxygen atoms in total. The molecule has 4 rings (SSSR count). The first-order valence-corrected chi connectivity index (χ1v) is 11.8. The molecule has 2 N–H and O–H groups in total. The summed E-state index contributed by atoms with van der Waals surface area (Å²) in [6, 6.07) is 28.8. The van der Waals surface area contributed by atoms with Gasteiger partial charge in [-0.2, -0.15) is 20.5 Å². The van der Waals surface area contributed by atoms with Crippen molar-refractivity contribution in [3.63, 3.8) is 0 Å². The van der Waals surface area contributed by atoms with E-state index in [-0.39, 0.29) is 11.5 Å². The SMILES string of the molecule is Oc1ccc(N=Nc2ccc(SSc3ccc(N=Nc4ccc(O)cc4)cc3)cc2)cc1. The molecule has 158 valence electrons. The summed E-state index contributed by atoms with van der Waals surface area (Å²) in [6.45, 7) is 0. The molecule has 0 spiro atoms. The zero-order chi connectivity index (χ0) is 22.2. The number of hydrogen-bond donors (Lipinski definition) is 2. The molecular weight excluding hydrogens is 440 g/mol. The molecule has 0 atom stereocenters. The molecule has 4 aromatic rings. The average molecular weight is 459 g/mol. The molecule has 0 amide bonds. The number of aromatic hydroxyl groups is 2. The van der Waals surface area contributed by atoms with Gasteiger partial charge >= 0.3 is 0 Å². The lowest BCUT2D eigenvalue weighted by atomic mass is 10.3. The third kappa shape index (κ3) is 6.44. The maximum absolute atomic E-state index is 9.30. The number of phenolic OH excluding ortho intramolecular Hbond substituents is 2. The van der Waals surface area contributed by atoms with Crippen molar-refractivity contribution in [2.45, 2.75) is 9.79 Å². The smallest absolute Gasteiger partial charge is 0.115 e. The maximum Gasteiger partial charge on any atom is 0.115 e. The van der Waals surface area contributed by atoms with E-state index >= 15 is 0 Å². The second kappa shape index (κ2) is 10.6. The first-order chi connectivity index (χ1) is 15.6. The predicted octanol–water partition coefficient (Wildman–Crippen LogP) is 8.73. The minimum absolute atomic E-state index is 0.205. The van der Waals surface area contributed by atoms with Crippen molar-refractivity contribution in [3.05, 3.63) is 97.1 Å². The Bertz CT molecular complexity index is 1110. The molecular formula is C24H18N4O2S2. The van der Waals surface area contributed by atoms with Gasteiger partial charge in [0, 0.05) is 9.79 Å². The highest BCUT2D eigenvalue weighted by Crippen LogP contribution is 2.38. The van der Waals surface area contributed by atoms with Gasteiger partial charge in [0.1, 0.15) is 11.5 Å². The fourth-order valence-electron chi connectivity index (χ4n) is 2.50. The lowest BCUT2D eigenvalue weighted by Crippen LogP contribution is -1.71. The Balaban J connectivity index is 1.29. The number of rotatable bonds is 7. The molecule has 0 saturated carbocycles. The van der Waals surface area contributed by atoms with Crippen molar-refractivity contribution >= 4 is 44.3 Å². The first kappa shape index (κ1) is 21.6. The number of phenols is 2. The van der Waals surface area contributed by atoms with Crippen LogP contribution in [0.3, 0.4) is 0 Å². The normalized spacial score (nSPS) is 11.4. The maximum atomic E-state index is 9.30. The van der Waals surface area contributed by atoms with Gasteiger partial charge in [0.05, 0.1) is 22.7 Å². The van der Waals surface area contributed by atoms with Gasteiger partial charge in [0.2, 0.25) is 0 Å². The van der Waals surface area contributed by atoms with E-state index in [9.17, 15) is 10.2 Å². The Labute approximate surface area is 193 Å². The second-order valence-corrected chi connectivity index (χ2v) is 8.86. The Kier molecular flexibility index (Phi) is 7.16. The summed E-state index contributed by atoms with van der Waals surface area (Å²) >= 11 is 0. The number of nitrogens with zero attached hydrogens (tertiary/aromatic N) is 4. The zero-order valence-corrected chi connectivity index (χ0v) is 18.4. The van der Waals surface area contributed by atoms with Gasteiger partial charge in [-0.05, 0) is 97.1 Å². The topological polar surface area (TPSA) is 89.9 Å². The molecule has 0 aliphatic heterocycles. The number of benzene rings is 4. The largest absolute Gasteiger partial charge is 0.508 e. The van der Waals surface area contributed by atoms with Crippen LogP contribution in [0, 0.1) is 0 Å². The van der Waals surface area contributed by atoms with Crippen LogP contribution in [0.5, 0.6) is 11.5 Å². The van der Waals surface area contributed by atoms with Crippen LogP contribution in [-0.2, 0) is 0 Å². The van der Waals surface area contributed by atoms with Crippen LogP contribution in [0.15, 0.2) is 127 Å². The average Bonchev–Trinajstić information content (AvgIpc) is 2.83. The summed E-state index contributed by atoms with van der Waals surface area (Å²) in [6.07, 6.45) is 0. The molecule has 0 bridgehead atoms. The number of hydrogen-bond acceptors (Lipinski definition) is 8. The summed E-state index contributed by atoms with van der Waals surface area (Å²) in [4.78, 5) is 2.21. The van der Waals surface area contributed by atoms with Crippen LogP contribution >= 0.6 is 21.6 Å². The quantitative estimate of drug-likeness (QED) is 0.214. The summed E-state index contributed by atoms with van der Waals surface area (Å²) in [7, 11) is 3.31. The number of azo groups is 2. The zero-order valence-electron chi connectivity index (χ0n) is 16.7. The van der Waals surface area contributed by atoms with Crippen LogP contribution in [-0.4, -0.2) is 10.2 Å². The van der Waals surface area contributed by atoms with Gasteiger partial charge in [-0.3, -0.25) is 0 Å². The first-order valence-electron chi connectivity index (χ1n) is 9.60. The molecule has 0 unspecified atom stereocenters. The molecule has 0 radical (unpaired) electrons. The predicted molar refractivity (Wildman–Crippen MR) is 129 cm³/mol. The van der Waals surface area contributed by atoms with Gasteiger partial charge in [-0.1, -0.05) is 21.6 Å². The Morgan fingerprint density at radius 3 is 0.906 bits per heavy atom. The van der Waals surface area contributed by atoms with Gasteiger partial charge in [-0.15, -0.1) is 0 Å². The van der Waals surface area contributed by atoms with Crippen LogP contribution < -0.4 is 0 Å². The summed E-state index contributed by atoms with van der Waals surface area (Å²) < 4.78 is 0. The van der Waals surface area contributed by atoms with E-state index in [1.165, 1.54) is 0 Å². The van der Waals surface area contributed by atoms with E-state index in [1.807, 2.05) is 48.5 Å². The minimum Gasteiger partial charge on any atom is -0.508 e. The van der Waals surface area contributed by atoms with E-state index in [2.05, 4.69) is 20.5 Å². The fourth-order valence-corrected chi connectivity index (χ4v) is 4.43. The fraction of sp³-hybridized carbons (Fsp3) is 0. The minimum atomic E-state index is 0.205. The standard InChI is InChI=1S/C24H18N4O2S2/c29-21-9-1-17(2-10-21)25-27-19-5-13-23(14-6-19)31-32-24-15-7-20(8-16-24)28-26-18-3-11-22(30)12-4-18/h1-16,29-30H. The molecule has 8 heteroatoms. The molecule has 0 aromatic heterocycles. The third-order valence-corrected chi connectivity index (χ3v) is 6.59. The highest BCUT2D eigenvalue weighted by Gasteiger charge is 2.00. The van der Waals surface area contributed by atoms with Gasteiger partial charge in [0.15, 0.2) is 0 Å². The molecule has 32 heavy (non-hydrogen) atoms. The highest BCUT2D eigenvalue weighted by molar-refractivity contribution is 8.76. The van der Waals surface area contributed by atoms with E-state index in [0.717, 1.165) is 21.2 Å². The van der Waals surface area contributed by atoms with E-state index in [1.54, 1.807) is 70.1 Å². The summed E-state index contributed by atoms with van der Waals surface area (Å²) in [5.74, 6) is 0.409. The van der Waals surface area contributed by atoms with E-state index < -0.39 is 0 Å². The van der Waals surface area contributed by atoms with Gasteiger partial charge in [0.25, 0.3) is 0 Å². The van der Waals surface area contributed by atoms with Crippen molar-refractivity contribution in [1.29, 1.82) is 0 Å². The molecule has 4 aromatic carbocycles. The molecule has 0 aliphatic rings. The van der Waals surface area contributed by atoms with Gasteiger partial charge < -0.3 is 10.2 Å². The van der Waals surface area contributed by atoms with Crippen molar-refractivity contribution in [3.8, 4) is 11.5 Å². The van der Waals surface area contributed by atoms with Crippen molar-refractivity contribution in [2.75, 3.05) is 0 Å². The lowest BCUT2D eigenvalue weighted by molar-refractivity contribution is 0.475. The lowest BCUT2D eigenvalue weighted by Gasteiger charge is -2.02.